The first kappa shape index (κ1) is 13.8. The summed E-state index contributed by atoms with van der Waals surface area (Å²) in [4.78, 5) is 22.0. The Hall–Kier alpha value is -1.24. The summed E-state index contributed by atoms with van der Waals surface area (Å²) in [5, 5.41) is 28.4. The van der Waals surface area contributed by atoms with Gasteiger partial charge in [0.15, 0.2) is 6.10 Å². The number of carbonyl (C=O) groups is 2. The molecule has 0 radical (unpaired) electrons. The number of carbonyl (C=O) groups excluding carboxylic acids is 2. The van der Waals surface area contributed by atoms with E-state index in [1.165, 1.54) is 0 Å². The maximum absolute atomic E-state index is 11.3. The molecule has 0 unspecified atom stereocenters. The number of aliphatic hydroxyl groups excluding tert-OH is 3. The van der Waals surface area contributed by atoms with Crippen LogP contribution in [0, 0.1) is 0 Å². The highest BCUT2D eigenvalue weighted by molar-refractivity contribution is 5.78. The normalized spacial score (nSPS) is 32.8. The number of hydrogen-bond donors (Lipinski definition) is 3. The predicted octanol–water partition coefficient (Wildman–Crippen LogP) is -1.08. The number of esters is 1. The zero-order valence-electron chi connectivity index (χ0n) is 9.44. The van der Waals surface area contributed by atoms with Gasteiger partial charge in [-0.25, -0.2) is 0 Å². The Kier molecular flexibility index (Phi) is 4.80. The third-order valence-electron chi connectivity index (χ3n) is 2.55. The van der Waals surface area contributed by atoms with E-state index in [4.69, 9.17) is 4.74 Å². The third-order valence-corrected chi connectivity index (χ3v) is 2.55. The van der Waals surface area contributed by atoms with Crippen LogP contribution in [0.1, 0.15) is 19.8 Å². The minimum absolute atomic E-state index is 0.0419. The van der Waals surface area contributed by atoms with Crippen LogP contribution in [0.2, 0.25) is 0 Å². The fourth-order valence-corrected chi connectivity index (χ4v) is 1.62. The van der Waals surface area contributed by atoms with Crippen molar-refractivity contribution in [1.82, 2.24) is 0 Å². The molecule has 3 N–H and O–H groups in total. The average molecular weight is 244 g/mol. The van der Waals surface area contributed by atoms with Gasteiger partial charge in [-0.2, -0.15) is 0 Å². The topological polar surface area (TPSA) is 104 Å². The van der Waals surface area contributed by atoms with Crippen molar-refractivity contribution in [2.24, 2.45) is 0 Å². The van der Waals surface area contributed by atoms with Crippen LogP contribution in [0.5, 0.6) is 0 Å². The SMILES string of the molecule is CCCC(=O)O[C@H]1C(C=O)=C[C@H](O)[C@@H](O)[C@@H]1O. The molecule has 0 amide bonds. The highest BCUT2D eigenvalue weighted by Crippen LogP contribution is 2.22. The monoisotopic (exact) mass is 244 g/mol. The second-order valence-corrected chi connectivity index (χ2v) is 3.92. The molecule has 0 saturated heterocycles. The molecule has 0 saturated carbocycles. The Morgan fingerprint density at radius 3 is 2.59 bits per heavy atom. The minimum Gasteiger partial charge on any atom is -0.454 e. The van der Waals surface area contributed by atoms with Gasteiger partial charge in [0, 0.05) is 12.0 Å². The molecule has 17 heavy (non-hydrogen) atoms. The van der Waals surface area contributed by atoms with Crippen LogP contribution in [0.4, 0.5) is 0 Å². The van der Waals surface area contributed by atoms with Crippen molar-refractivity contribution in [3.8, 4) is 0 Å². The predicted molar refractivity (Wildman–Crippen MR) is 57.0 cm³/mol. The lowest BCUT2D eigenvalue weighted by Gasteiger charge is -2.32. The van der Waals surface area contributed by atoms with E-state index >= 15 is 0 Å². The zero-order valence-corrected chi connectivity index (χ0v) is 9.44. The number of rotatable bonds is 4. The van der Waals surface area contributed by atoms with Crippen LogP contribution in [-0.4, -0.2) is 52.0 Å². The quantitative estimate of drug-likeness (QED) is 0.429. The standard InChI is InChI=1S/C11H16O6/c1-2-3-8(14)17-11-6(5-12)4-7(13)9(15)10(11)16/h4-5,7,9-11,13,15-16H,2-3H2,1H3/t7-,9+,10-,11-/m0/s1. The van der Waals surface area contributed by atoms with Crippen molar-refractivity contribution in [2.75, 3.05) is 0 Å². The lowest BCUT2D eigenvalue weighted by Crippen LogP contribution is -2.50. The lowest BCUT2D eigenvalue weighted by atomic mass is 9.90. The summed E-state index contributed by atoms with van der Waals surface area (Å²) in [6.45, 7) is 1.79. The van der Waals surface area contributed by atoms with Crippen LogP contribution in [0.3, 0.4) is 0 Å². The van der Waals surface area contributed by atoms with Crippen LogP contribution in [-0.2, 0) is 14.3 Å². The summed E-state index contributed by atoms with van der Waals surface area (Å²) >= 11 is 0. The van der Waals surface area contributed by atoms with Gasteiger partial charge in [0.1, 0.15) is 24.6 Å². The van der Waals surface area contributed by atoms with Gasteiger partial charge in [-0.15, -0.1) is 0 Å². The van der Waals surface area contributed by atoms with Gasteiger partial charge in [-0.05, 0) is 12.5 Å². The van der Waals surface area contributed by atoms with E-state index in [1.807, 2.05) is 0 Å². The minimum atomic E-state index is -1.50. The van der Waals surface area contributed by atoms with E-state index < -0.39 is 30.4 Å². The molecular formula is C11H16O6. The first-order valence-electron chi connectivity index (χ1n) is 5.41. The Morgan fingerprint density at radius 1 is 1.41 bits per heavy atom. The van der Waals surface area contributed by atoms with Gasteiger partial charge in [0.2, 0.25) is 0 Å². The van der Waals surface area contributed by atoms with Crippen molar-refractivity contribution in [3.05, 3.63) is 11.6 Å². The van der Waals surface area contributed by atoms with Crippen molar-refractivity contribution in [1.29, 1.82) is 0 Å². The molecule has 0 aromatic rings. The Bertz CT molecular complexity index is 324. The maximum atomic E-state index is 11.3. The van der Waals surface area contributed by atoms with Crippen molar-refractivity contribution < 1.29 is 29.6 Å². The van der Waals surface area contributed by atoms with Gasteiger partial charge in [-0.3, -0.25) is 9.59 Å². The van der Waals surface area contributed by atoms with Gasteiger partial charge in [0.05, 0.1) is 0 Å². The molecule has 0 aromatic heterocycles. The van der Waals surface area contributed by atoms with E-state index in [9.17, 15) is 24.9 Å². The van der Waals surface area contributed by atoms with Crippen molar-refractivity contribution in [3.63, 3.8) is 0 Å². The molecule has 1 rings (SSSR count). The summed E-state index contributed by atoms with van der Waals surface area (Å²) in [7, 11) is 0. The molecule has 4 atom stereocenters. The van der Waals surface area contributed by atoms with Crippen LogP contribution >= 0.6 is 0 Å². The van der Waals surface area contributed by atoms with Crippen LogP contribution in [0.15, 0.2) is 11.6 Å². The van der Waals surface area contributed by atoms with Gasteiger partial charge < -0.3 is 20.1 Å². The largest absolute Gasteiger partial charge is 0.454 e. The van der Waals surface area contributed by atoms with Crippen molar-refractivity contribution >= 4 is 12.3 Å². The Morgan fingerprint density at radius 2 is 2.06 bits per heavy atom. The highest BCUT2D eigenvalue weighted by atomic mass is 16.6. The number of aliphatic hydroxyl groups is 3. The van der Waals surface area contributed by atoms with Crippen LogP contribution in [0.25, 0.3) is 0 Å². The highest BCUT2D eigenvalue weighted by Gasteiger charge is 2.39. The molecule has 0 aromatic carbocycles. The van der Waals surface area contributed by atoms with Gasteiger partial charge >= 0.3 is 5.97 Å². The molecular weight excluding hydrogens is 228 g/mol. The summed E-state index contributed by atoms with van der Waals surface area (Å²) < 4.78 is 4.91. The molecule has 1 aliphatic rings. The molecule has 0 heterocycles. The Balaban J connectivity index is 2.83. The molecule has 0 fully saturated rings. The molecule has 96 valence electrons. The molecule has 6 heteroatoms. The number of hydrogen-bond acceptors (Lipinski definition) is 6. The second-order valence-electron chi connectivity index (χ2n) is 3.92. The molecule has 0 aliphatic heterocycles. The molecule has 0 bridgehead atoms. The second kappa shape index (κ2) is 5.90. The Labute approximate surface area is 98.5 Å². The summed E-state index contributed by atoms with van der Waals surface area (Å²) in [5.41, 5.74) is -0.0419. The maximum Gasteiger partial charge on any atom is 0.306 e. The van der Waals surface area contributed by atoms with E-state index in [0.29, 0.717) is 12.7 Å². The summed E-state index contributed by atoms with van der Waals surface area (Å²) in [6, 6.07) is 0. The summed E-state index contributed by atoms with van der Waals surface area (Å²) in [5.74, 6) is -0.562. The molecule has 0 spiro atoms. The zero-order chi connectivity index (χ0) is 13.0. The number of aldehydes is 1. The fourth-order valence-electron chi connectivity index (χ4n) is 1.62. The van der Waals surface area contributed by atoms with E-state index in [2.05, 4.69) is 0 Å². The lowest BCUT2D eigenvalue weighted by molar-refractivity contribution is -0.161. The summed E-state index contributed by atoms with van der Waals surface area (Å²) in [6.07, 6.45) is -3.33. The van der Waals surface area contributed by atoms with E-state index in [1.54, 1.807) is 6.92 Å². The molecule has 1 aliphatic carbocycles. The smallest absolute Gasteiger partial charge is 0.306 e. The van der Waals surface area contributed by atoms with E-state index in [-0.39, 0.29) is 12.0 Å². The van der Waals surface area contributed by atoms with Gasteiger partial charge in [0.25, 0.3) is 0 Å². The first-order valence-corrected chi connectivity index (χ1v) is 5.41. The fraction of sp³-hybridized carbons (Fsp3) is 0.636. The van der Waals surface area contributed by atoms with E-state index in [0.717, 1.165) is 6.08 Å². The molecule has 6 nitrogen and oxygen atoms in total. The van der Waals surface area contributed by atoms with Crippen molar-refractivity contribution in [2.45, 2.75) is 44.2 Å². The first-order chi connectivity index (χ1) is 8.01. The van der Waals surface area contributed by atoms with Gasteiger partial charge in [-0.1, -0.05) is 6.92 Å². The third kappa shape index (κ3) is 3.12. The van der Waals surface area contributed by atoms with Crippen LogP contribution < -0.4 is 0 Å². The average Bonchev–Trinajstić information content (AvgIpc) is 2.30. The number of ether oxygens (including phenoxy) is 1.